The lowest BCUT2D eigenvalue weighted by Gasteiger charge is -2.31. The zero-order chi connectivity index (χ0) is 14.6. The Morgan fingerprint density at radius 1 is 1.30 bits per heavy atom. The largest absolute Gasteiger partial charge is 0.497 e. The normalized spacial score (nSPS) is 17.6. The molecule has 0 amide bonds. The van der Waals surface area contributed by atoms with Gasteiger partial charge in [-0.05, 0) is 48.4 Å². The second kappa shape index (κ2) is 6.95. The zero-order valence-electron chi connectivity index (χ0n) is 12.8. The molecule has 1 N–H and O–H groups in total. The average molecular weight is 340 g/mol. The van der Waals surface area contributed by atoms with E-state index in [0.717, 1.165) is 18.7 Å². The monoisotopic (exact) mass is 339 g/mol. The van der Waals surface area contributed by atoms with E-state index in [1.165, 1.54) is 35.7 Å². The molecule has 1 aliphatic carbocycles. The summed E-state index contributed by atoms with van der Waals surface area (Å²) in [6, 6.07) is 6.86. The van der Waals surface area contributed by atoms with Crippen molar-refractivity contribution >= 4 is 15.9 Å². The van der Waals surface area contributed by atoms with Crippen LogP contribution < -0.4 is 10.1 Å². The smallest absolute Gasteiger partial charge is 0.119 e. The van der Waals surface area contributed by atoms with Gasteiger partial charge in [-0.2, -0.15) is 0 Å². The fraction of sp³-hybridized carbons (Fsp3) is 0.647. The van der Waals surface area contributed by atoms with Crippen molar-refractivity contribution < 1.29 is 4.74 Å². The fourth-order valence-electron chi connectivity index (χ4n) is 3.18. The number of benzene rings is 1. The molecule has 1 fully saturated rings. The van der Waals surface area contributed by atoms with Crippen LogP contribution in [0.15, 0.2) is 22.7 Å². The molecule has 2 nitrogen and oxygen atoms in total. The van der Waals surface area contributed by atoms with E-state index < -0.39 is 0 Å². The lowest BCUT2D eigenvalue weighted by atomic mass is 9.79. The van der Waals surface area contributed by atoms with E-state index >= 15 is 0 Å². The van der Waals surface area contributed by atoms with Crippen LogP contribution in [0, 0.1) is 5.41 Å². The van der Waals surface area contributed by atoms with Crippen molar-refractivity contribution in [1.29, 1.82) is 0 Å². The highest BCUT2D eigenvalue weighted by atomic mass is 79.9. The summed E-state index contributed by atoms with van der Waals surface area (Å²) < 4.78 is 6.57. The molecule has 3 heteroatoms. The maximum absolute atomic E-state index is 5.37. The van der Waals surface area contributed by atoms with Crippen LogP contribution in [0.2, 0.25) is 0 Å². The minimum absolute atomic E-state index is 0.416. The minimum atomic E-state index is 0.416. The fourth-order valence-corrected chi connectivity index (χ4v) is 3.57. The summed E-state index contributed by atoms with van der Waals surface area (Å²) in [4.78, 5) is 0. The molecular weight excluding hydrogens is 314 g/mol. The van der Waals surface area contributed by atoms with Gasteiger partial charge in [0.05, 0.1) is 7.11 Å². The molecule has 1 saturated carbocycles. The highest BCUT2D eigenvalue weighted by Crippen LogP contribution is 2.42. The molecule has 0 spiro atoms. The molecule has 0 aromatic heterocycles. The molecule has 1 aliphatic rings. The first-order valence-corrected chi connectivity index (χ1v) is 8.40. The average Bonchev–Trinajstić information content (AvgIpc) is 2.88. The number of hydrogen-bond acceptors (Lipinski definition) is 2. The Kier molecular flexibility index (Phi) is 5.50. The lowest BCUT2D eigenvalue weighted by Crippen LogP contribution is -2.37. The van der Waals surface area contributed by atoms with Gasteiger partial charge >= 0.3 is 0 Å². The van der Waals surface area contributed by atoms with Crippen molar-refractivity contribution in [3.05, 3.63) is 28.2 Å². The van der Waals surface area contributed by atoms with Crippen molar-refractivity contribution in [3.8, 4) is 5.75 Å². The van der Waals surface area contributed by atoms with Crippen LogP contribution in [-0.2, 0) is 6.42 Å². The first-order chi connectivity index (χ1) is 9.54. The Morgan fingerprint density at radius 3 is 2.60 bits per heavy atom. The zero-order valence-corrected chi connectivity index (χ0v) is 14.4. The summed E-state index contributed by atoms with van der Waals surface area (Å²) in [6.45, 7) is 5.57. The van der Waals surface area contributed by atoms with Crippen LogP contribution in [0.5, 0.6) is 5.75 Å². The summed E-state index contributed by atoms with van der Waals surface area (Å²) in [6.07, 6.45) is 6.51. The maximum Gasteiger partial charge on any atom is 0.119 e. The third-order valence-electron chi connectivity index (χ3n) is 4.37. The van der Waals surface area contributed by atoms with E-state index in [1.54, 1.807) is 7.11 Å². The van der Waals surface area contributed by atoms with Gasteiger partial charge in [0, 0.05) is 17.1 Å². The van der Waals surface area contributed by atoms with Gasteiger partial charge in [-0.25, -0.2) is 0 Å². The number of rotatable bonds is 6. The first kappa shape index (κ1) is 15.8. The molecule has 112 valence electrons. The Hall–Kier alpha value is -0.540. The Bertz CT molecular complexity index is 439. The van der Waals surface area contributed by atoms with E-state index in [9.17, 15) is 0 Å². The van der Waals surface area contributed by atoms with Crippen molar-refractivity contribution in [2.45, 2.75) is 52.0 Å². The third-order valence-corrected chi connectivity index (χ3v) is 5.14. The number of nitrogens with one attached hydrogen (secondary N) is 1. The van der Waals surface area contributed by atoms with Gasteiger partial charge in [0.1, 0.15) is 5.75 Å². The SMILES string of the molecule is COc1ccc(Br)c(CC2(CNC(C)C)CCCC2)c1. The summed E-state index contributed by atoms with van der Waals surface area (Å²) in [5.41, 5.74) is 1.79. The van der Waals surface area contributed by atoms with E-state index in [2.05, 4.69) is 47.2 Å². The van der Waals surface area contributed by atoms with Gasteiger partial charge in [0.25, 0.3) is 0 Å². The molecule has 0 bridgehead atoms. The Labute approximate surface area is 131 Å². The predicted octanol–water partition coefficient (Wildman–Crippen LogP) is 4.56. The van der Waals surface area contributed by atoms with Crippen molar-refractivity contribution in [1.82, 2.24) is 5.32 Å². The second-order valence-corrected chi connectivity index (χ2v) is 7.23. The minimum Gasteiger partial charge on any atom is -0.497 e. The van der Waals surface area contributed by atoms with Crippen LogP contribution in [0.25, 0.3) is 0 Å². The molecule has 2 rings (SSSR count). The van der Waals surface area contributed by atoms with Gasteiger partial charge in [-0.1, -0.05) is 42.6 Å². The molecule has 0 radical (unpaired) electrons. The highest BCUT2D eigenvalue weighted by Gasteiger charge is 2.34. The van der Waals surface area contributed by atoms with Crippen molar-refractivity contribution in [2.75, 3.05) is 13.7 Å². The molecule has 1 aromatic carbocycles. The number of methoxy groups -OCH3 is 1. The van der Waals surface area contributed by atoms with Crippen LogP contribution in [0.1, 0.15) is 45.1 Å². The summed E-state index contributed by atoms with van der Waals surface area (Å²) in [7, 11) is 1.73. The van der Waals surface area contributed by atoms with E-state index in [0.29, 0.717) is 11.5 Å². The molecule has 0 unspecified atom stereocenters. The summed E-state index contributed by atoms with van der Waals surface area (Å²) in [5.74, 6) is 0.952. The topological polar surface area (TPSA) is 21.3 Å². The molecular formula is C17H26BrNO. The molecule has 0 aliphatic heterocycles. The first-order valence-electron chi connectivity index (χ1n) is 7.60. The molecule has 0 atom stereocenters. The van der Waals surface area contributed by atoms with Crippen LogP contribution in [-0.4, -0.2) is 19.7 Å². The number of halogens is 1. The van der Waals surface area contributed by atoms with Gasteiger partial charge in [-0.3, -0.25) is 0 Å². The Balaban J connectivity index is 2.15. The predicted molar refractivity (Wildman–Crippen MR) is 88.4 cm³/mol. The van der Waals surface area contributed by atoms with Gasteiger partial charge in [0.15, 0.2) is 0 Å². The second-order valence-electron chi connectivity index (χ2n) is 6.38. The standard InChI is InChI=1S/C17H26BrNO/c1-13(2)19-12-17(8-4-5-9-17)11-14-10-15(20-3)6-7-16(14)18/h6-7,10,13,19H,4-5,8-9,11-12H2,1-3H3. The lowest BCUT2D eigenvalue weighted by molar-refractivity contribution is 0.268. The van der Waals surface area contributed by atoms with Crippen molar-refractivity contribution in [2.24, 2.45) is 5.41 Å². The summed E-state index contributed by atoms with van der Waals surface area (Å²) >= 11 is 3.70. The Morgan fingerprint density at radius 2 is 2.00 bits per heavy atom. The van der Waals surface area contributed by atoms with Crippen molar-refractivity contribution in [3.63, 3.8) is 0 Å². The molecule has 0 heterocycles. The molecule has 0 saturated heterocycles. The highest BCUT2D eigenvalue weighted by molar-refractivity contribution is 9.10. The van der Waals surface area contributed by atoms with Crippen LogP contribution in [0.4, 0.5) is 0 Å². The third kappa shape index (κ3) is 3.98. The number of ether oxygens (including phenoxy) is 1. The van der Waals surface area contributed by atoms with Crippen LogP contribution >= 0.6 is 15.9 Å². The molecule has 1 aromatic rings. The number of hydrogen-bond donors (Lipinski definition) is 1. The summed E-state index contributed by atoms with van der Waals surface area (Å²) in [5, 5.41) is 3.65. The van der Waals surface area contributed by atoms with Gasteiger partial charge in [0.2, 0.25) is 0 Å². The van der Waals surface area contributed by atoms with E-state index in [-0.39, 0.29) is 0 Å². The quantitative estimate of drug-likeness (QED) is 0.820. The van der Waals surface area contributed by atoms with E-state index in [1.807, 2.05) is 6.07 Å². The maximum atomic E-state index is 5.37. The molecule has 20 heavy (non-hydrogen) atoms. The van der Waals surface area contributed by atoms with Gasteiger partial charge < -0.3 is 10.1 Å². The van der Waals surface area contributed by atoms with Gasteiger partial charge in [-0.15, -0.1) is 0 Å². The van der Waals surface area contributed by atoms with Crippen LogP contribution in [0.3, 0.4) is 0 Å². The van der Waals surface area contributed by atoms with E-state index in [4.69, 9.17) is 4.74 Å².